The summed E-state index contributed by atoms with van der Waals surface area (Å²) < 4.78 is 6.95. The normalized spacial score (nSPS) is 11.0. The van der Waals surface area contributed by atoms with Crippen LogP contribution in [0.2, 0.25) is 5.02 Å². The van der Waals surface area contributed by atoms with Crippen LogP contribution < -0.4 is 0 Å². The summed E-state index contributed by atoms with van der Waals surface area (Å²) in [7, 11) is 0. The van der Waals surface area contributed by atoms with E-state index >= 15 is 0 Å². The summed E-state index contributed by atoms with van der Waals surface area (Å²) in [6.45, 7) is 6.17. The third kappa shape index (κ3) is 2.82. The number of pyridine rings is 1. The molecule has 23 heavy (non-hydrogen) atoms. The molecule has 1 aromatic carbocycles. The number of fused-ring (bicyclic) bond motifs is 1. The van der Waals surface area contributed by atoms with E-state index in [1.807, 2.05) is 48.6 Å². The number of halogens is 1. The van der Waals surface area contributed by atoms with Crippen LogP contribution in [0.25, 0.3) is 16.8 Å². The fourth-order valence-corrected chi connectivity index (χ4v) is 2.92. The van der Waals surface area contributed by atoms with Gasteiger partial charge >= 0.3 is 5.97 Å². The van der Waals surface area contributed by atoms with Gasteiger partial charge in [0.15, 0.2) is 5.69 Å². The summed E-state index contributed by atoms with van der Waals surface area (Å²) in [6.07, 6.45) is 1.72. The molecule has 0 unspecified atom stereocenters. The molecule has 5 heteroatoms. The fourth-order valence-electron chi connectivity index (χ4n) is 2.79. The van der Waals surface area contributed by atoms with E-state index in [0.717, 1.165) is 28.0 Å². The number of hydrogen-bond donors (Lipinski definition) is 0. The molecule has 0 saturated heterocycles. The second-order valence-electron chi connectivity index (χ2n) is 5.37. The molecule has 2 heterocycles. The standard InChI is InChI=1S/C18H17ClN2O2/c1-4-23-18(22)15-10-21-12(3)17(11(2)9-16(21)20-15)13-5-7-14(19)8-6-13/h5-10H,4H2,1-3H3. The van der Waals surface area contributed by atoms with Crippen molar-refractivity contribution >= 4 is 23.2 Å². The summed E-state index contributed by atoms with van der Waals surface area (Å²) in [6, 6.07) is 9.70. The van der Waals surface area contributed by atoms with Gasteiger partial charge in [-0.25, -0.2) is 9.78 Å². The van der Waals surface area contributed by atoms with Gasteiger partial charge in [-0.2, -0.15) is 0 Å². The van der Waals surface area contributed by atoms with Crippen molar-refractivity contribution in [1.29, 1.82) is 0 Å². The van der Waals surface area contributed by atoms with Gasteiger partial charge in [0.2, 0.25) is 0 Å². The zero-order valence-corrected chi connectivity index (χ0v) is 14.0. The van der Waals surface area contributed by atoms with Crippen molar-refractivity contribution in [2.75, 3.05) is 6.61 Å². The van der Waals surface area contributed by atoms with Gasteiger partial charge in [0.25, 0.3) is 0 Å². The van der Waals surface area contributed by atoms with E-state index in [0.29, 0.717) is 17.3 Å². The number of carbonyl (C=O) groups excluding carboxylic acids is 1. The molecule has 3 rings (SSSR count). The highest BCUT2D eigenvalue weighted by Gasteiger charge is 2.16. The van der Waals surface area contributed by atoms with Gasteiger partial charge in [0.05, 0.1) is 6.61 Å². The minimum Gasteiger partial charge on any atom is -0.461 e. The van der Waals surface area contributed by atoms with E-state index in [1.54, 1.807) is 13.1 Å². The number of carbonyl (C=O) groups is 1. The largest absolute Gasteiger partial charge is 0.461 e. The number of hydrogen-bond acceptors (Lipinski definition) is 3. The van der Waals surface area contributed by atoms with Gasteiger partial charge in [-0.3, -0.25) is 0 Å². The smallest absolute Gasteiger partial charge is 0.358 e. The Balaban J connectivity index is 2.17. The van der Waals surface area contributed by atoms with Crippen LogP contribution in [0.1, 0.15) is 28.7 Å². The number of aryl methyl sites for hydroxylation is 2. The molecule has 118 valence electrons. The van der Waals surface area contributed by atoms with Gasteiger partial charge < -0.3 is 9.14 Å². The Morgan fingerprint density at radius 2 is 1.96 bits per heavy atom. The Bertz CT molecular complexity index is 882. The first kappa shape index (κ1) is 15.6. The molecule has 0 radical (unpaired) electrons. The van der Waals surface area contributed by atoms with E-state index in [1.165, 1.54) is 0 Å². The second-order valence-corrected chi connectivity index (χ2v) is 5.81. The summed E-state index contributed by atoms with van der Waals surface area (Å²) in [5.74, 6) is -0.402. The molecule has 0 fully saturated rings. The predicted molar refractivity (Wildman–Crippen MR) is 91.1 cm³/mol. The molecule has 0 aliphatic rings. The molecule has 0 amide bonds. The summed E-state index contributed by atoms with van der Waals surface area (Å²) >= 11 is 5.98. The highest BCUT2D eigenvalue weighted by Crippen LogP contribution is 2.29. The lowest BCUT2D eigenvalue weighted by Gasteiger charge is -2.12. The van der Waals surface area contributed by atoms with Crippen molar-refractivity contribution in [1.82, 2.24) is 9.38 Å². The molecule has 0 bridgehead atoms. The van der Waals surface area contributed by atoms with Crippen molar-refractivity contribution in [3.63, 3.8) is 0 Å². The van der Waals surface area contributed by atoms with Gasteiger partial charge in [-0.15, -0.1) is 0 Å². The number of rotatable bonds is 3. The van der Waals surface area contributed by atoms with E-state index in [2.05, 4.69) is 4.98 Å². The van der Waals surface area contributed by atoms with Crippen LogP contribution in [0.15, 0.2) is 36.5 Å². The first-order valence-corrected chi connectivity index (χ1v) is 7.81. The first-order valence-electron chi connectivity index (χ1n) is 7.43. The summed E-state index contributed by atoms with van der Waals surface area (Å²) in [5, 5.41) is 0.706. The third-order valence-corrected chi connectivity index (χ3v) is 4.07. The molecular formula is C18H17ClN2O2. The van der Waals surface area contributed by atoms with Crippen LogP contribution >= 0.6 is 11.6 Å². The Hall–Kier alpha value is -2.33. The number of benzene rings is 1. The SMILES string of the molecule is CCOC(=O)c1cn2c(C)c(-c3ccc(Cl)cc3)c(C)cc2n1. The highest BCUT2D eigenvalue weighted by molar-refractivity contribution is 6.30. The van der Waals surface area contributed by atoms with Crippen LogP contribution in [0.3, 0.4) is 0 Å². The van der Waals surface area contributed by atoms with Crippen LogP contribution in [-0.2, 0) is 4.74 Å². The summed E-state index contributed by atoms with van der Waals surface area (Å²) in [5.41, 5.74) is 5.37. The van der Waals surface area contributed by atoms with Crippen molar-refractivity contribution in [2.45, 2.75) is 20.8 Å². The quantitative estimate of drug-likeness (QED) is 0.667. The molecular weight excluding hydrogens is 312 g/mol. The molecule has 0 N–H and O–H groups in total. The number of aromatic nitrogens is 2. The molecule has 0 atom stereocenters. The average molecular weight is 329 g/mol. The number of esters is 1. The predicted octanol–water partition coefficient (Wildman–Crippen LogP) is 4.45. The zero-order valence-electron chi connectivity index (χ0n) is 13.3. The van der Waals surface area contributed by atoms with Gasteiger partial charge in [-0.05, 0) is 50.1 Å². The lowest BCUT2D eigenvalue weighted by atomic mass is 9.99. The molecule has 2 aromatic heterocycles. The molecule has 4 nitrogen and oxygen atoms in total. The molecule has 0 saturated carbocycles. The lowest BCUT2D eigenvalue weighted by molar-refractivity contribution is 0.0520. The lowest BCUT2D eigenvalue weighted by Crippen LogP contribution is -2.04. The Labute approximate surface area is 139 Å². The van der Waals surface area contributed by atoms with Gasteiger partial charge in [-0.1, -0.05) is 23.7 Å². The average Bonchev–Trinajstić information content (AvgIpc) is 2.94. The van der Waals surface area contributed by atoms with E-state index in [9.17, 15) is 4.79 Å². The summed E-state index contributed by atoms with van der Waals surface area (Å²) in [4.78, 5) is 16.3. The van der Waals surface area contributed by atoms with Gasteiger partial charge in [0, 0.05) is 22.5 Å². The monoisotopic (exact) mass is 328 g/mol. The Morgan fingerprint density at radius 3 is 2.61 bits per heavy atom. The molecule has 0 aliphatic carbocycles. The Kier molecular flexibility index (Phi) is 4.09. The molecule has 3 aromatic rings. The van der Waals surface area contributed by atoms with Gasteiger partial charge in [0.1, 0.15) is 5.65 Å². The van der Waals surface area contributed by atoms with Crippen LogP contribution in [0.4, 0.5) is 0 Å². The van der Waals surface area contributed by atoms with Crippen LogP contribution in [0.5, 0.6) is 0 Å². The fraction of sp³-hybridized carbons (Fsp3) is 0.222. The van der Waals surface area contributed by atoms with Crippen LogP contribution in [0, 0.1) is 13.8 Å². The number of imidazole rings is 1. The minimum absolute atomic E-state index is 0.322. The van der Waals surface area contributed by atoms with Crippen molar-refractivity contribution in [2.24, 2.45) is 0 Å². The third-order valence-electron chi connectivity index (χ3n) is 3.81. The van der Waals surface area contributed by atoms with Crippen LogP contribution in [-0.4, -0.2) is 22.0 Å². The molecule has 0 aliphatic heterocycles. The Morgan fingerprint density at radius 1 is 1.26 bits per heavy atom. The van der Waals surface area contributed by atoms with E-state index < -0.39 is 5.97 Å². The van der Waals surface area contributed by atoms with Crippen molar-refractivity contribution < 1.29 is 9.53 Å². The highest BCUT2D eigenvalue weighted by atomic mass is 35.5. The number of nitrogens with zero attached hydrogens (tertiary/aromatic N) is 2. The minimum atomic E-state index is -0.402. The maximum absolute atomic E-state index is 11.9. The van der Waals surface area contributed by atoms with Crippen molar-refractivity contribution in [3.05, 3.63) is 58.5 Å². The number of ether oxygens (including phenoxy) is 1. The van der Waals surface area contributed by atoms with E-state index in [-0.39, 0.29) is 0 Å². The maximum atomic E-state index is 11.9. The zero-order chi connectivity index (χ0) is 16.6. The van der Waals surface area contributed by atoms with Crippen molar-refractivity contribution in [3.8, 4) is 11.1 Å². The van der Waals surface area contributed by atoms with E-state index in [4.69, 9.17) is 16.3 Å². The maximum Gasteiger partial charge on any atom is 0.358 e. The second kappa shape index (κ2) is 6.05. The first-order chi connectivity index (χ1) is 11.0. The topological polar surface area (TPSA) is 43.6 Å². The molecule has 0 spiro atoms.